The van der Waals surface area contributed by atoms with Crippen molar-refractivity contribution in [2.75, 3.05) is 17.7 Å². The van der Waals surface area contributed by atoms with Crippen molar-refractivity contribution < 1.29 is 9.53 Å². The molecule has 0 aliphatic carbocycles. The molecule has 0 aliphatic rings. The Hall–Kier alpha value is -2.57. The standard InChI is InChI=1S/C12H15N5O2/c1-2-6-19-9-5-3-4-8(7-9)14-11(18)10-15-12(13)17-16-10/h3-5,7H,2,6H2,1H3,(H,14,18)(H3,13,15,16,17). The Labute approximate surface area is 110 Å². The molecule has 0 spiro atoms. The fraction of sp³-hybridized carbons (Fsp3) is 0.250. The molecule has 1 amide bonds. The van der Waals surface area contributed by atoms with Crippen molar-refractivity contribution in [2.45, 2.75) is 13.3 Å². The van der Waals surface area contributed by atoms with E-state index in [0.29, 0.717) is 18.0 Å². The maximum atomic E-state index is 11.8. The molecule has 0 radical (unpaired) electrons. The number of nitrogens with two attached hydrogens (primary N) is 1. The molecular weight excluding hydrogens is 246 g/mol. The molecular formula is C12H15N5O2. The van der Waals surface area contributed by atoms with Gasteiger partial charge in [0.15, 0.2) is 0 Å². The molecule has 4 N–H and O–H groups in total. The van der Waals surface area contributed by atoms with Crippen LogP contribution >= 0.6 is 0 Å². The van der Waals surface area contributed by atoms with Crippen molar-refractivity contribution in [3.63, 3.8) is 0 Å². The van der Waals surface area contributed by atoms with E-state index < -0.39 is 5.91 Å². The lowest BCUT2D eigenvalue weighted by Crippen LogP contribution is -2.13. The highest BCUT2D eigenvalue weighted by molar-refractivity contribution is 6.01. The quantitative estimate of drug-likeness (QED) is 0.754. The van der Waals surface area contributed by atoms with Gasteiger partial charge in [-0.3, -0.25) is 9.89 Å². The minimum Gasteiger partial charge on any atom is -0.494 e. The number of hydrogen-bond acceptors (Lipinski definition) is 5. The number of amides is 1. The molecule has 1 heterocycles. The molecule has 7 nitrogen and oxygen atoms in total. The summed E-state index contributed by atoms with van der Waals surface area (Å²) in [6.45, 7) is 2.66. The van der Waals surface area contributed by atoms with Crippen molar-refractivity contribution in [3.8, 4) is 5.75 Å². The maximum absolute atomic E-state index is 11.8. The summed E-state index contributed by atoms with van der Waals surface area (Å²) < 4.78 is 5.48. The first kappa shape index (κ1) is 12.9. The van der Waals surface area contributed by atoms with Crippen molar-refractivity contribution in [1.82, 2.24) is 15.2 Å². The third kappa shape index (κ3) is 3.44. The molecule has 19 heavy (non-hydrogen) atoms. The Bertz CT molecular complexity index is 567. The van der Waals surface area contributed by atoms with Crippen LogP contribution < -0.4 is 15.8 Å². The molecule has 0 saturated heterocycles. The normalized spacial score (nSPS) is 10.2. The number of carbonyl (C=O) groups is 1. The number of nitrogens with zero attached hydrogens (tertiary/aromatic N) is 2. The predicted octanol–water partition coefficient (Wildman–Crippen LogP) is 1.43. The van der Waals surface area contributed by atoms with Gasteiger partial charge in [0.2, 0.25) is 11.8 Å². The van der Waals surface area contributed by atoms with Crippen LogP contribution in [0.5, 0.6) is 5.75 Å². The average Bonchev–Trinajstić information content (AvgIpc) is 2.83. The minimum atomic E-state index is -0.406. The topological polar surface area (TPSA) is 106 Å². The summed E-state index contributed by atoms with van der Waals surface area (Å²) in [6, 6.07) is 7.14. The van der Waals surface area contributed by atoms with E-state index in [9.17, 15) is 4.79 Å². The summed E-state index contributed by atoms with van der Waals surface area (Å²) >= 11 is 0. The molecule has 0 atom stereocenters. The van der Waals surface area contributed by atoms with Crippen LogP contribution in [0.1, 0.15) is 24.0 Å². The fourth-order valence-electron chi connectivity index (χ4n) is 1.45. The lowest BCUT2D eigenvalue weighted by atomic mass is 10.3. The van der Waals surface area contributed by atoms with Crippen molar-refractivity contribution in [3.05, 3.63) is 30.1 Å². The third-order valence-corrected chi connectivity index (χ3v) is 2.28. The first-order valence-electron chi connectivity index (χ1n) is 5.91. The second-order valence-electron chi connectivity index (χ2n) is 3.87. The molecule has 2 aromatic rings. The van der Waals surface area contributed by atoms with Crippen LogP contribution in [0.4, 0.5) is 11.6 Å². The van der Waals surface area contributed by atoms with Gasteiger partial charge >= 0.3 is 0 Å². The van der Waals surface area contributed by atoms with Gasteiger partial charge in [0, 0.05) is 11.8 Å². The Morgan fingerprint density at radius 3 is 3.05 bits per heavy atom. The van der Waals surface area contributed by atoms with Gasteiger partial charge in [-0.15, -0.1) is 5.10 Å². The molecule has 0 unspecified atom stereocenters. The minimum absolute atomic E-state index is 0.0326. The molecule has 1 aromatic carbocycles. The van der Waals surface area contributed by atoms with E-state index in [0.717, 1.165) is 6.42 Å². The number of carbonyl (C=O) groups excluding carboxylic acids is 1. The van der Waals surface area contributed by atoms with Crippen LogP contribution in [0.25, 0.3) is 0 Å². The van der Waals surface area contributed by atoms with E-state index >= 15 is 0 Å². The van der Waals surface area contributed by atoms with E-state index in [1.54, 1.807) is 18.2 Å². The molecule has 7 heteroatoms. The summed E-state index contributed by atoms with van der Waals surface area (Å²) in [5, 5.41) is 8.72. The van der Waals surface area contributed by atoms with Crippen LogP contribution in [0.3, 0.4) is 0 Å². The van der Waals surface area contributed by atoms with Crippen molar-refractivity contribution >= 4 is 17.5 Å². The van der Waals surface area contributed by atoms with Crippen LogP contribution in [0.2, 0.25) is 0 Å². The second-order valence-corrected chi connectivity index (χ2v) is 3.87. The number of aromatic nitrogens is 3. The highest BCUT2D eigenvalue weighted by Crippen LogP contribution is 2.17. The summed E-state index contributed by atoms with van der Waals surface area (Å²) in [5.41, 5.74) is 5.95. The molecule has 2 rings (SSSR count). The summed E-state index contributed by atoms with van der Waals surface area (Å²) in [6.07, 6.45) is 0.925. The Kier molecular flexibility index (Phi) is 3.97. The predicted molar refractivity (Wildman–Crippen MR) is 71.0 cm³/mol. The number of hydrogen-bond donors (Lipinski definition) is 3. The maximum Gasteiger partial charge on any atom is 0.293 e. The number of benzene rings is 1. The number of nitrogen functional groups attached to an aromatic ring is 1. The highest BCUT2D eigenvalue weighted by atomic mass is 16.5. The molecule has 0 saturated carbocycles. The Morgan fingerprint density at radius 1 is 1.53 bits per heavy atom. The second kappa shape index (κ2) is 5.85. The van der Waals surface area contributed by atoms with Gasteiger partial charge in [-0.05, 0) is 18.6 Å². The number of ether oxygens (including phenoxy) is 1. The first-order valence-corrected chi connectivity index (χ1v) is 5.91. The van der Waals surface area contributed by atoms with Crippen LogP contribution in [-0.4, -0.2) is 27.7 Å². The molecule has 0 fully saturated rings. The van der Waals surface area contributed by atoms with Crippen molar-refractivity contribution in [1.29, 1.82) is 0 Å². The largest absolute Gasteiger partial charge is 0.494 e. The number of anilines is 2. The zero-order valence-electron chi connectivity index (χ0n) is 10.5. The van der Waals surface area contributed by atoms with Crippen LogP contribution in [0.15, 0.2) is 24.3 Å². The van der Waals surface area contributed by atoms with Gasteiger partial charge in [0.25, 0.3) is 5.91 Å². The average molecular weight is 261 g/mol. The number of rotatable bonds is 5. The van der Waals surface area contributed by atoms with Gasteiger partial charge in [-0.1, -0.05) is 13.0 Å². The van der Waals surface area contributed by atoms with Gasteiger partial charge in [-0.25, -0.2) is 0 Å². The number of nitrogens with one attached hydrogen (secondary N) is 2. The number of aromatic amines is 1. The van der Waals surface area contributed by atoms with Crippen LogP contribution in [0, 0.1) is 0 Å². The summed E-state index contributed by atoms with van der Waals surface area (Å²) in [7, 11) is 0. The van der Waals surface area contributed by atoms with Gasteiger partial charge in [0.1, 0.15) is 5.75 Å². The van der Waals surface area contributed by atoms with Crippen molar-refractivity contribution in [2.24, 2.45) is 0 Å². The van der Waals surface area contributed by atoms with E-state index in [1.165, 1.54) is 0 Å². The number of H-pyrrole nitrogens is 1. The highest BCUT2D eigenvalue weighted by Gasteiger charge is 2.11. The smallest absolute Gasteiger partial charge is 0.293 e. The zero-order chi connectivity index (χ0) is 13.7. The Balaban J connectivity index is 2.04. The van der Waals surface area contributed by atoms with Gasteiger partial charge < -0.3 is 15.8 Å². The lowest BCUT2D eigenvalue weighted by Gasteiger charge is -2.07. The Morgan fingerprint density at radius 2 is 2.37 bits per heavy atom. The fourth-order valence-corrected chi connectivity index (χ4v) is 1.45. The summed E-state index contributed by atoms with van der Waals surface area (Å²) in [5.74, 6) is 0.399. The molecule has 0 aliphatic heterocycles. The first-order chi connectivity index (χ1) is 9.19. The van der Waals surface area contributed by atoms with Gasteiger partial charge in [0.05, 0.1) is 6.61 Å². The zero-order valence-corrected chi connectivity index (χ0v) is 10.5. The van der Waals surface area contributed by atoms with E-state index in [-0.39, 0.29) is 11.8 Å². The SMILES string of the molecule is CCCOc1cccc(NC(=O)c2nc(N)n[nH]2)c1. The van der Waals surface area contributed by atoms with Crippen LogP contribution in [-0.2, 0) is 0 Å². The molecule has 1 aromatic heterocycles. The monoisotopic (exact) mass is 261 g/mol. The summed E-state index contributed by atoms with van der Waals surface area (Å²) in [4.78, 5) is 15.6. The van der Waals surface area contributed by atoms with E-state index in [1.807, 2.05) is 13.0 Å². The third-order valence-electron chi connectivity index (χ3n) is 2.28. The lowest BCUT2D eigenvalue weighted by molar-refractivity contribution is 0.101. The molecule has 0 bridgehead atoms. The van der Waals surface area contributed by atoms with E-state index in [4.69, 9.17) is 10.5 Å². The molecule has 100 valence electrons. The van der Waals surface area contributed by atoms with E-state index in [2.05, 4.69) is 20.5 Å². The van der Waals surface area contributed by atoms with Gasteiger partial charge in [-0.2, -0.15) is 4.98 Å².